The van der Waals surface area contributed by atoms with Gasteiger partial charge in [0.1, 0.15) is 16.8 Å². The average molecular weight is 228 g/mol. The van der Waals surface area contributed by atoms with E-state index < -0.39 is 0 Å². The molecule has 0 fully saturated rings. The van der Waals surface area contributed by atoms with Gasteiger partial charge >= 0.3 is 0 Å². The molecule has 0 spiro atoms. The second-order valence-electron chi connectivity index (χ2n) is 4.02. The molecule has 1 N–H and O–H groups in total. The van der Waals surface area contributed by atoms with E-state index in [1.165, 1.54) is 0 Å². The van der Waals surface area contributed by atoms with Gasteiger partial charge in [-0.2, -0.15) is 0 Å². The van der Waals surface area contributed by atoms with Crippen molar-refractivity contribution in [2.45, 2.75) is 40.2 Å². The molecule has 1 aromatic heterocycles. The Bertz CT molecular complexity index is 326. The highest BCUT2D eigenvalue weighted by atomic mass is 35.5. The summed E-state index contributed by atoms with van der Waals surface area (Å²) in [4.78, 5) is 8.49. The van der Waals surface area contributed by atoms with Crippen LogP contribution in [0.15, 0.2) is 6.07 Å². The Balaban J connectivity index is 2.80. The highest BCUT2D eigenvalue weighted by molar-refractivity contribution is 6.29. The van der Waals surface area contributed by atoms with Gasteiger partial charge in [0.15, 0.2) is 0 Å². The molecule has 84 valence electrons. The molecule has 1 rings (SSSR count). The topological polar surface area (TPSA) is 37.8 Å². The van der Waals surface area contributed by atoms with Crippen LogP contribution in [-0.4, -0.2) is 16.0 Å². The van der Waals surface area contributed by atoms with Gasteiger partial charge in [0.2, 0.25) is 0 Å². The van der Waals surface area contributed by atoms with Crippen molar-refractivity contribution in [3.8, 4) is 0 Å². The number of anilines is 1. The highest BCUT2D eigenvalue weighted by Crippen LogP contribution is 2.14. The van der Waals surface area contributed by atoms with E-state index in [0.29, 0.717) is 17.1 Å². The first-order valence-electron chi connectivity index (χ1n) is 5.33. The Labute approximate surface area is 96.3 Å². The molecule has 1 heterocycles. The smallest absolute Gasteiger partial charge is 0.134 e. The molecule has 0 saturated heterocycles. The lowest BCUT2D eigenvalue weighted by molar-refractivity contribution is 0.558. The monoisotopic (exact) mass is 227 g/mol. The van der Waals surface area contributed by atoms with Crippen molar-refractivity contribution < 1.29 is 0 Å². The van der Waals surface area contributed by atoms with Crippen LogP contribution in [-0.2, 0) is 6.42 Å². The van der Waals surface area contributed by atoms with E-state index in [9.17, 15) is 0 Å². The van der Waals surface area contributed by atoms with Crippen LogP contribution in [0, 0.1) is 5.92 Å². The van der Waals surface area contributed by atoms with Gasteiger partial charge in [0, 0.05) is 18.5 Å². The largest absolute Gasteiger partial charge is 0.367 e. The van der Waals surface area contributed by atoms with Crippen molar-refractivity contribution in [1.82, 2.24) is 9.97 Å². The van der Waals surface area contributed by atoms with E-state index >= 15 is 0 Å². The Morgan fingerprint density at radius 3 is 2.53 bits per heavy atom. The van der Waals surface area contributed by atoms with Crippen LogP contribution in [0.3, 0.4) is 0 Å². The zero-order chi connectivity index (χ0) is 11.4. The van der Waals surface area contributed by atoms with Crippen LogP contribution in [0.2, 0.25) is 5.15 Å². The Hall–Kier alpha value is -0.830. The van der Waals surface area contributed by atoms with E-state index in [2.05, 4.69) is 36.1 Å². The number of nitrogens with one attached hydrogen (secondary N) is 1. The van der Waals surface area contributed by atoms with Crippen molar-refractivity contribution in [1.29, 1.82) is 0 Å². The molecule has 15 heavy (non-hydrogen) atoms. The lowest BCUT2D eigenvalue weighted by Crippen LogP contribution is -2.22. The number of nitrogens with zero attached hydrogens (tertiary/aromatic N) is 2. The van der Waals surface area contributed by atoms with Crippen molar-refractivity contribution in [2.75, 3.05) is 5.32 Å². The summed E-state index contributed by atoms with van der Waals surface area (Å²) in [6, 6.07) is 2.14. The molecule has 0 amide bonds. The number of aryl methyl sites for hydroxylation is 1. The Morgan fingerprint density at radius 1 is 1.33 bits per heavy atom. The van der Waals surface area contributed by atoms with Crippen LogP contribution in [0.4, 0.5) is 5.82 Å². The number of rotatable bonds is 4. The average Bonchev–Trinajstić information content (AvgIpc) is 2.16. The molecule has 4 heteroatoms. The first kappa shape index (κ1) is 12.2. The first-order valence-corrected chi connectivity index (χ1v) is 5.70. The third kappa shape index (κ3) is 3.67. The molecular formula is C11H18ClN3. The van der Waals surface area contributed by atoms with Gasteiger partial charge in [0.25, 0.3) is 0 Å². The maximum Gasteiger partial charge on any atom is 0.134 e. The Kier molecular flexibility index (Phi) is 4.33. The molecule has 0 radical (unpaired) electrons. The molecule has 0 aliphatic carbocycles. The van der Waals surface area contributed by atoms with E-state index in [-0.39, 0.29) is 0 Å². The summed E-state index contributed by atoms with van der Waals surface area (Å²) in [5.41, 5.74) is 0. The summed E-state index contributed by atoms with van der Waals surface area (Å²) < 4.78 is 0. The van der Waals surface area contributed by atoms with Gasteiger partial charge in [-0.05, 0) is 12.8 Å². The fourth-order valence-electron chi connectivity index (χ4n) is 1.10. The second-order valence-corrected chi connectivity index (χ2v) is 4.41. The van der Waals surface area contributed by atoms with Crippen molar-refractivity contribution in [3.05, 3.63) is 17.0 Å². The molecule has 0 saturated carbocycles. The van der Waals surface area contributed by atoms with Crippen molar-refractivity contribution in [3.63, 3.8) is 0 Å². The SMILES string of the molecule is CCc1nc(Cl)cc(NC(C)C(C)C)n1. The fraction of sp³-hybridized carbons (Fsp3) is 0.636. The summed E-state index contributed by atoms with van der Waals surface area (Å²) in [5.74, 6) is 2.15. The van der Waals surface area contributed by atoms with E-state index in [4.69, 9.17) is 11.6 Å². The first-order chi connectivity index (χ1) is 7.02. The number of halogens is 1. The van der Waals surface area contributed by atoms with Gasteiger partial charge in [0.05, 0.1) is 0 Å². The predicted octanol–water partition coefficient (Wildman–Crippen LogP) is 3.15. The molecule has 0 aromatic carbocycles. The summed E-state index contributed by atoms with van der Waals surface area (Å²) in [6.07, 6.45) is 0.797. The van der Waals surface area contributed by atoms with Crippen LogP contribution in [0.1, 0.15) is 33.5 Å². The van der Waals surface area contributed by atoms with E-state index in [1.54, 1.807) is 6.07 Å². The maximum atomic E-state index is 5.90. The lowest BCUT2D eigenvalue weighted by Gasteiger charge is -2.18. The third-order valence-corrected chi connectivity index (χ3v) is 2.63. The number of hydrogen-bond donors (Lipinski definition) is 1. The molecule has 0 aliphatic heterocycles. The third-order valence-electron chi connectivity index (χ3n) is 2.43. The quantitative estimate of drug-likeness (QED) is 0.804. The van der Waals surface area contributed by atoms with Gasteiger partial charge in [-0.3, -0.25) is 0 Å². The Morgan fingerprint density at radius 2 is 2.00 bits per heavy atom. The van der Waals surface area contributed by atoms with Crippen molar-refractivity contribution in [2.24, 2.45) is 5.92 Å². The maximum absolute atomic E-state index is 5.90. The molecule has 1 atom stereocenters. The van der Waals surface area contributed by atoms with Gasteiger partial charge in [-0.1, -0.05) is 32.4 Å². The minimum Gasteiger partial charge on any atom is -0.367 e. The van der Waals surface area contributed by atoms with Crippen LogP contribution in [0.25, 0.3) is 0 Å². The number of aromatic nitrogens is 2. The minimum atomic E-state index is 0.376. The van der Waals surface area contributed by atoms with Crippen molar-refractivity contribution >= 4 is 17.4 Å². The molecule has 0 bridgehead atoms. The molecular weight excluding hydrogens is 210 g/mol. The zero-order valence-electron chi connectivity index (χ0n) is 9.71. The van der Waals surface area contributed by atoms with Gasteiger partial charge in [-0.25, -0.2) is 9.97 Å². The summed E-state index contributed by atoms with van der Waals surface area (Å²) in [7, 11) is 0. The lowest BCUT2D eigenvalue weighted by atomic mass is 10.1. The van der Waals surface area contributed by atoms with Gasteiger partial charge < -0.3 is 5.32 Å². The fourth-order valence-corrected chi connectivity index (χ4v) is 1.30. The minimum absolute atomic E-state index is 0.376. The van der Waals surface area contributed by atoms with E-state index in [1.807, 2.05) is 6.92 Å². The van der Waals surface area contributed by atoms with Crippen LogP contribution < -0.4 is 5.32 Å². The summed E-state index contributed by atoms with van der Waals surface area (Å²) in [6.45, 7) is 8.48. The standard InChI is InChI=1S/C11H18ClN3/c1-5-10-14-9(12)6-11(15-10)13-8(4)7(2)3/h6-8H,5H2,1-4H3,(H,13,14,15). The van der Waals surface area contributed by atoms with Gasteiger partial charge in [-0.15, -0.1) is 0 Å². The van der Waals surface area contributed by atoms with Crippen LogP contribution >= 0.6 is 11.6 Å². The summed E-state index contributed by atoms with van der Waals surface area (Å²) >= 11 is 5.90. The highest BCUT2D eigenvalue weighted by Gasteiger charge is 2.08. The normalized spacial score (nSPS) is 12.9. The molecule has 0 aliphatic rings. The van der Waals surface area contributed by atoms with Crippen LogP contribution in [0.5, 0.6) is 0 Å². The van der Waals surface area contributed by atoms with E-state index in [0.717, 1.165) is 18.1 Å². The molecule has 1 unspecified atom stereocenters. The zero-order valence-corrected chi connectivity index (χ0v) is 10.5. The second kappa shape index (κ2) is 5.31. The molecule has 1 aromatic rings. The number of hydrogen-bond acceptors (Lipinski definition) is 3. The summed E-state index contributed by atoms with van der Waals surface area (Å²) in [5, 5.41) is 3.82. The molecule has 3 nitrogen and oxygen atoms in total. The predicted molar refractivity (Wildman–Crippen MR) is 64.3 cm³/mol.